The summed E-state index contributed by atoms with van der Waals surface area (Å²) in [7, 11) is 0. The monoisotopic (exact) mass is 937 g/mol. The van der Waals surface area contributed by atoms with Gasteiger partial charge in [-0.15, -0.1) is 11.3 Å². The lowest BCUT2D eigenvalue weighted by molar-refractivity contribution is 0.591. The molecule has 0 N–H and O–H groups in total. The Labute approximate surface area is 425 Å². The second kappa shape index (κ2) is 14.8. The Kier molecular flexibility index (Phi) is 8.55. The number of thiophene rings is 1. The third kappa shape index (κ3) is 5.65. The predicted molar refractivity (Wildman–Crippen MR) is 307 cm³/mol. The molecule has 15 rings (SSSR count). The quantitative estimate of drug-likeness (QED) is 0.170. The van der Waals surface area contributed by atoms with E-state index in [0.29, 0.717) is 0 Å². The summed E-state index contributed by atoms with van der Waals surface area (Å²) >= 11 is 1.90. The number of fused-ring (bicyclic) bond motifs is 18. The molecule has 1 aromatic heterocycles. The van der Waals surface area contributed by atoms with Gasteiger partial charge in [-0.3, -0.25) is 0 Å². The third-order valence-electron chi connectivity index (χ3n) is 16.8. The van der Waals surface area contributed by atoms with Gasteiger partial charge in [0.25, 0.3) is 0 Å². The maximum Gasteiger partial charge on any atom is 0.0725 e. The zero-order valence-electron chi connectivity index (χ0n) is 41.1. The van der Waals surface area contributed by atoms with Crippen molar-refractivity contribution in [3.05, 3.63) is 257 Å². The lowest BCUT2D eigenvalue weighted by Crippen LogP contribution is -2.25. The van der Waals surface area contributed by atoms with Crippen molar-refractivity contribution in [2.75, 3.05) is 4.90 Å². The summed E-state index contributed by atoms with van der Waals surface area (Å²) < 4.78 is 2.60. The van der Waals surface area contributed by atoms with Crippen LogP contribution in [0, 0.1) is 0 Å². The van der Waals surface area contributed by atoms with Gasteiger partial charge in [0.1, 0.15) is 0 Å². The molecular weight excluding hydrogens is 887 g/mol. The average Bonchev–Trinajstić information content (AvgIpc) is 4.09. The van der Waals surface area contributed by atoms with Crippen LogP contribution in [-0.2, 0) is 16.2 Å². The summed E-state index contributed by atoms with van der Waals surface area (Å²) in [6.45, 7) is 11.7. The molecule has 0 saturated carbocycles. The smallest absolute Gasteiger partial charge is 0.0725 e. The van der Waals surface area contributed by atoms with Crippen molar-refractivity contribution < 1.29 is 0 Å². The van der Waals surface area contributed by atoms with Gasteiger partial charge in [0.15, 0.2) is 0 Å². The molecule has 72 heavy (non-hydrogen) atoms. The third-order valence-corrected chi connectivity index (χ3v) is 17.9. The largest absolute Gasteiger partial charge is 0.310 e. The van der Waals surface area contributed by atoms with E-state index in [1.807, 2.05) is 11.3 Å². The Bertz CT molecular complexity index is 4260. The molecule has 0 saturated heterocycles. The van der Waals surface area contributed by atoms with Gasteiger partial charge in [0, 0.05) is 42.5 Å². The minimum atomic E-state index is -0.462. The number of hydrogen-bond acceptors (Lipinski definition) is 2. The average molecular weight is 938 g/mol. The topological polar surface area (TPSA) is 3.24 Å². The van der Waals surface area contributed by atoms with Gasteiger partial charge in [-0.2, -0.15) is 0 Å². The molecule has 1 heterocycles. The lowest BCUT2D eigenvalue weighted by atomic mass is 9.70. The SMILES string of the molecule is CC(C)(C)c1ccc2sc3cc(N(c4ccc5c(c4)-c4cc6ccccc6cc4C54c5ccccc5-c5ccccc54)c4ccc5ccccc5c4-c4ccc5c(c4)C(C)(C)c4ccccc4-5)ccc3c2c1. The normalized spacial score (nSPS) is 14.4. The Morgan fingerprint density at radius 1 is 0.375 bits per heavy atom. The Hall–Kier alpha value is -8.04. The summed E-state index contributed by atoms with van der Waals surface area (Å²) in [5.41, 5.74) is 22.7. The maximum absolute atomic E-state index is 2.57. The van der Waals surface area contributed by atoms with Crippen molar-refractivity contribution in [3.8, 4) is 44.5 Å². The zero-order valence-corrected chi connectivity index (χ0v) is 42.0. The van der Waals surface area contributed by atoms with Crippen molar-refractivity contribution in [1.82, 2.24) is 0 Å². The van der Waals surface area contributed by atoms with Gasteiger partial charge >= 0.3 is 0 Å². The van der Waals surface area contributed by atoms with Gasteiger partial charge in [-0.25, -0.2) is 0 Å². The fraction of sp³-hybridized carbons (Fsp3) is 0.114. The number of hydrogen-bond donors (Lipinski definition) is 0. The van der Waals surface area contributed by atoms with Gasteiger partial charge < -0.3 is 4.90 Å². The van der Waals surface area contributed by atoms with Crippen LogP contribution < -0.4 is 4.90 Å². The first-order chi connectivity index (χ1) is 35.1. The molecule has 0 fully saturated rings. The van der Waals surface area contributed by atoms with E-state index in [9.17, 15) is 0 Å². The van der Waals surface area contributed by atoms with Crippen LogP contribution in [0.25, 0.3) is 86.2 Å². The molecule has 0 unspecified atom stereocenters. The maximum atomic E-state index is 2.57. The second-order valence-corrected chi connectivity index (χ2v) is 23.1. The summed E-state index contributed by atoms with van der Waals surface area (Å²) in [4.78, 5) is 2.57. The fourth-order valence-corrected chi connectivity index (χ4v) is 14.5. The van der Waals surface area contributed by atoms with Crippen molar-refractivity contribution in [1.29, 1.82) is 0 Å². The van der Waals surface area contributed by atoms with Crippen LogP contribution in [0.1, 0.15) is 73.6 Å². The Morgan fingerprint density at radius 3 is 1.72 bits per heavy atom. The minimum Gasteiger partial charge on any atom is -0.310 e. The van der Waals surface area contributed by atoms with E-state index in [1.54, 1.807) is 0 Å². The molecule has 3 aliphatic carbocycles. The van der Waals surface area contributed by atoms with Crippen molar-refractivity contribution in [3.63, 3.8) is 0 Å². The van der Waals surface area contributed by atoms with Crippen LogP contribution >= 0.6 is 11.3 Å². The van der Waals surface area contributed by atoms with Crippen molar-refractivity contribution >= 4 is 70.1 Å². The molecule has 0 amide bonds. The first-order valence-corrected chi connectivity index (χ1v) is 26.3. The van der Waals surface area contributed by atoms with Crippen LogP contribution in [0.4, 0.5) is 17.1 Å². The molecule has 0 bridgehead atoms. The van der Waals surface area contributed by atoms with Crippen LogP contribution in [-0.4, -0.2) is 0 Å². The molecule has 11 aromatic carbocycles. The molecule has 0 radical (unpaired) electrons. The van der Waals surface area contributed by atoms with Gasteiger partial charge in [0.05, 0.1) is 11.1 Å². The summed E-state index contributed by atoms with van der Waals surface area (Å²) in [6.07, 6.45) is 0. The molecule has 342 valence electrons. The predicted octanol–water partition coefficient (Wildman–Crippen LogP) is 19.4. The van der Waals surface area contributed by atoms with Crippen molar-refractivity contribution in [2.24, 2.45) is 0 Å². The lowest BCUT2D eigenvalue weighted by Gasteiger charge is -2.32. The highest BCUT2D eigenvalue weighted by Gasteiger charge is 2.52. The van der Waals surface area contributed by atoms with Gasteiger partial charge in [0.2, 0.25) is 0 Å². The van der Waals surface area contributed by atoms with E-state index in [-0.39, 0.29) is 10.8 Å². The van der Waals surface area contributed by atoms with E-state index in [1.165, 1.54) is 125 Å². The Balaban J connectivity index is 1.02. The molecule has 2 heteroatoms. The molecule has 0 atom stereocenters. The van der Waals surface area contributed by atoms with E-state index in [4.69, 9.17) is 0 Å². The first-order valence-electron chi connectivity index (χ1n) is 25.5. The molecule has 1 nitrogen and oxygen atoms in total. The van der Waals surface area contributed by atoms with E-state index < -0.39 is 5.41 Å². The summed E-state index contributed by atoms with van der Waals surface area (Å²) in [6, 6.07) is 83.8. The molecule has 1 spiro atoms. The fourth-order valence-electron chi connectivity index (χ4n) is 13.4. The van der Waals surface area contributed by atoms with Crippen LogP contribution in [0.5, 0.6) is 0 Å². The number of benzene rings is 11. The first kappa shape index (κ1) is 41.7. The highest BCUT2D eigenvalue weighted by Crippen LogP contribution is 2.64. The molecule has 0 aliphatic heterocycles. The van der Waals surface area contributed by atoms with E-state index in [0.717, 1.165) is 17.1 Å². The highest BCUT2D eigenvalue weighted by atomic mass is 32.1. The summed E-state index contributed by atoms with van der Waals surface area (Å²) in [5, 5.41) is 7.62. The zero-order chi connectivity index (χ0) is 48.3. The van der Waals surface area contributed by atoms with Crippen LogP contribution in [0.3, 0.4) is 0 Å². The minimum absolute atomic E-state index is 0.0565. The molecular formula is C70H51NS. The number of nitrogens with zero attached hydrogens (tertiary/aromatic N) is 1. The number of rotatable bonds is 4. The van der Waals surface area contributed by atoms with Gasteiger partial charge in [-0.05, 0) is 166 Å². The van der Waals surface area contributed by atoms with E-state index >= 15 is 0 Å². The Morgan fingerprint density at radius 2 is 0.972 bits per heavy atom. The molecule has 3 aliphatic rings. The van der Waals surface area contributed by atoms with Gasteiger partial charge in [-0.1, -0.05) is 192 Å². The highest BCUT2D eigenvalue weighted by molar-refractivity contribution is 7.25. The standard InChI is InChI=1S/C70H51NS/c1-68(2,3)46-28-35-65-57(39-46)54-32-29-48(41-66(54)72-65)71(64-34-27-42-16-8-9-19-49(42)67(64)45-26-31-53-50-20-10-13-23-58(50)69(4,5)62(53)38-45)47-30-33-61-56(40-47)55-36-43-17-6-7-18-44(43)37-63(55)70(61)59-24-14-11-21-51(59)52-22-12-15-25-60(52)70/h6-41H,1-5H3. The summed E-state index contributed by atoms with van der Waals surface area (Å²) in [5.74, 6) is 0. The second-order valence-electron chi connectivity index (χ2n) is 22.0. The van der Waals surface area contributed by atoms with Crippen LogP contribution in [0.2, 0.25) is 0 Å². The van der Waals surface area contributed by atoms with E-state index in [2.05, 4.69) is 258 Å². The molecule has 12 aromatic rings. The number of anilines is 3. The van der Waals surface area contributed by atoms with Crippen molar-refractivity contribution in [2.45, 2.75) is 50.9 Å². The van der Waals surface area contributed by atoms with Crippen LogP contribution in [0.15, 0.2) is 218 Å².